The van der Waals surface area contributed by atoms with E-state index >= 15 is 0 Å². The van der Waals surface area contributed by atoms with Crippen LogP contribution in [0.5, 0.6) is 0 Å². The molecule has 0 radical (unpaired) electrons. The number of aryl methyl sites for hydroxylation is 1. The number of aliphatic hydroxyl groups is 3. The van der Waals surface area contributed by atoms with E-state index in [4.69, 9.17) is 8.92 Å². The molecule has 0 spiro atoms. The standard InChI is InChI=1S/C16H22O8S/c1-9(2)13(18)16(14(19)12(17)15(20)24-16)8-23-25(21,22)11-6-4-10(3)5-7-11/h4-7,9,12,14-15,17,19-20H,8H2,1-3H3/t12-,14+,15-,16-/m1/s1. The molecule has 140 valence electrons. The Morgan fingerprint density at radius 3 is 2.24 bits per heavy atom. The first-order valence-corrected chi connectivity index (χ1v) is 9.14. The number of hydrogen-bond donors (Lipinski definition) is 3. The van der Waals surface area contributed by atoms with E-state index in [1.165, 1.54) is 26.0 Å². The molecule has 1 aliphatic heterocycles. The Morgan fingerprint density at radius 1 is 1.24 bits per heavy atom. The molecule has 2 rings (SSSR count). The minimum absolute atomic E-state index is 0.126. The highest BCUT2D eigenvalue weighted by Gasteiger charge is 2.59. The maximum atomic E-state index is 12.5. The van der Waals surface area contributed by atoms with Crippen LogP contribution < -0.4 is 0 Å². The zero-order valence-corrected chi connectivity index (χ0v) is 14.9. The van der Waals surface area contributed by atoms with E-state index in [0.717, 1.165) is 5.56 Å². The van der Waals surface area contributed by atoms with Gasteiger partial charge >= 0.3 is 0 Å². The topological polar surface area (TPSA) is 130 Å². The molecule has 4 atom stereocenters. The van der Waals surface area contributed by atoms with Crippen molar-refractivity contribution in [3.63, 3.8) is 0 Å². The Bertz CT molecular complexity index is 727. The van der Waals surface area contributed by atoms with Gasteiger partial charge in [0, 0.05) is 5.92 Å². The first-order valence-electron chi connectivity index (χ1n) is 7.73. The monoisotopic (exact) mass is 374 g/mol. The maximum Gasteiger partial charge on any atom is 0.297 e. The van der Waals surface area contributed by atoms with Crippen LogP contribution >= 0.6 is 0 Å². The lowest BCUT2D eigenvalue weighted by molar-refractivity contribution is -0.184. The second-order valence-corrected chi connectivity index (χ2v) is 8.00. The smallest absolute Gasteiger partial charge is 0.297 e. The summed E-state index contributed by atoms with van der Waals surface area (Å²) < 4.78 is 34.6. The molecule has 1 saturated heterocycles. The number of hydrogen-bond acceptors (Lipinski definition) is 8. The summed E-state index contributed by atoms with van der Waals surface area (Å²) in [5.74, 6) is -1.34. The second kappa shape index (κ2) is 7.10. The number of aliphatic hydroxyl groups excluding tert-OH is 3. The molecule has 0 aromatic heterocycles. The summed E-state index contributed by atoms with van der Waals surface area (Å²) >= 11 is 0. The second-order valence-electron chi connectivity index (χ2n) is 6.38. The van der Waals surface area contributed by atoms with Crippen LogP contribution in [0.2, 0.25) is 0 Å². The van der Waals surface area contributed by atoms with Gasteiger partial charge in [0.15, 0.2) is 17.7 Å². The van der Waals surface area contributed by atoms with Gasteiger partial charge < -0.3 is 20.1 Å². The summed E-state index contributed by atoms with van der Waals surface area (Å²) in [6.45, 7) is 3.96. The molecule has 1 aromatic carbocycles. The molecule has 0 aliphatic carbocycles. The highest BCUT2D eigenvalue weighted by atomic mass is 32.2. The third-order valence-corrected chi connectivity index (χ3v) is 5.38. The van der Waals surface area contributed by atoms with Gasteiger partial charge in [0.2, 0.25) is 0 Å². The van der Waals surface area contributed by atoms with Gasteiger partial charge in [-0.1, -0.05) is 31.5 Å². The summed E-state index contributed by atoms with van der Waals surface area (Å²) in [5.41, 5.74) is -1.32. The van der Waals surface area contributed by atoms with E-state index in [2.05, 4.69) is 0 Å². The summed E-state index contributed by atoms with van der Waals surface area (Å²) in [6.07, 6.45) is -5.41. The van der Waals surface area contributed by atoms with Crippen molar-refractivity contribution in [3.8, 4) is 0 Å². The van der Waals surface area contributed by atoms with Gasteiger partial charge in [-0.05, 0) is 19.1 Å². The molecule has 1 fully saturated rings. The third-order valence-electron chi connectivity index (χ3n) is 4.10. The molecule has 0 saturated carbocycles. The van der Waals surface area contributed by atoms with E-state index < -0.39 is 52.5 Å². The number of rotatable bonds is 6. The van der Waals surface area contributed by atoms with Gasteiger partial charge in [-0.25, -0.2) is 0 Å². The van der Waals surface area contributed by atoms with Crippen LogP contribution in [0.4, 0.5) is 0 Å². The van der Waals surface area contributed by atoms with Crippen molar-refractivity contribution in [3.05, 3.63) is 29.8 Å². The first kappa shape index (κ1) is 20.0. The normalized spacial score (nSPS) is 30.0. The predicted molar refractivity (Wildman–Crippen MR) is 86.0 cm³/mol. The first-order chi connectivity index (χ1) is 11.5. The van der Waals surface area contributed by atoms with Gasteiger partial charge in [-0.15, -0.1) is 0 Å². The van der Waals surface area contributed by atoms with Gasteiger partial charge in [0.25, 0.3) is 10.1 Å². The highest BCUT2D eigenvalue weighted by molar-refractivity contribution is 7.86. The number of carbonyl (C=O) groups is 1. The van der Waals surface area contributed by atoms with Gasteiger partial charge in [0.1, 0.15) is 18.8 Å². The van der Waals surface area contributed by atoms with E-state index in [-0.39, 0.29) is 4.90 Å². The zero-order valence-electron chi connectivity index (χ0n) is 14.1. The van der Waals surface area contributed by atoms with Crippen LogP contribution in [-0.2, 0) is 23.8 Å². The number of carbonyl (C=O) groups excluding carboxylic acids is 1. The molecular formula is C16H22O8S. The summed E-state index contributed by atoms with van der Waals surface area (Å²) in [4.78, 5) is 12.4. The molecule has 1 aliphatic rings. The van der Waals surface area contributed by atoms with E-state index in [1.54, 1.807) is 19.1 Å². The van der Waals surface area contributed by atoms with Crippen LogP contribution in [0.3, 0.4) is 0 Å². The molecule has 3 N–H and O–H groups in total. The van der Waals surface area contributed by atoms with Crippen molar-refractivity contribution in [2.24, 2.45) is 5.92 Å². The Balaban J connectivity index is 2.29. The third kappa shape index (κ3) is 3.76. The van der Waals surface area contributed by atoms with Crippen molar-refractivity contribution in [1.82, 2.24) is 0 Å². The van der Waals surface area contributed by atoms with Crippen molar-refractivity contribution in [2.45, 2.75) is 49.8 Å². The average molecular weight is 374 g/mol. The molecule has 9 heteroatoms. The fourth-order valence-corrected chi connectivity index (χ4v) is 3.54. The van der Waals surface area contributed by atoms with Gasteiger partial charge in [-0.2, -0.15) is 8.42 Å². The molecule has 8 nitrogen and oxygen atoms in total. The van der Waals surface area contributed by atoms with Crippen LogP contribution in [0.15, 0.2) is 29.2 Å². The lowest BCUT2D eigenvalue weighted by Gasteiger charge is -2.31. The minimum Gasteiger partial charge on any atom is -0.387 e. The van der Waals surface area contributed by atoms with Crippen LogP contribution in [0.25, 0.3) is 0 Å². The predicted octanol–water partition coefficient (Wildman–Crippen LogP) is -0.265. The Labute approximate surface area is 146 Å². The fourth-order valence-electron chi connectivity index (χ4n) is 2.61. The van der Waals surface area contributed by atoms with Crippen molar-refractivity contribution >= 4 is 15.9 Å². The Morgan fingerprint density at radius 2 is 1.80 bits per heavy atom. The van der Waals surface area contributed by atoms with Gasteiger partial charge in [0.05, 0.1) is 4.90 Å². The van der Waals surface area contributed by atoms with Gasteiger partial charge in [-0.3, -0.25) is 8.98 Å². The van der Waals surface area contributed by atoms with Crippen LogP contribution in [0, 0.1) is 12.8 Å². The lowest BCUT2D eigenvalue weighted by atomic mass is 9.86. The molecule has 0 bridgehead atoms. The van der Waals surface area contributed by atoms with Crippen molar-refractivity contribution in [1.29, 1.82) is 0 Å². The van der Waals surface area contributed by atoms with Crippen molar-refractivity contribution < 1.29 is 37.5 Å². The summed E-state index contributed by atoms with van der Waals surface area (Å²) in [5, 5.41) is 29.5. The minimum atomic E-state index is -4.23. The number of ketones is 1. The van der Waals surface area contributed by atoms with Crippen molar-refractivity contribution in [2.75, 3.05) is 6.61 Å². The maximum absolute atomic E-state index is 12.5. The zero-order chi connectivity index (χ0) is 19.0. The Hall–Kier alpha value is -1.36. The highest BCUT2D eigenvalue weighted by Crippen LogP contribution is 2.34. The fraction of sp³-hybridized carbons (Fsp3) is 0.562. The number of ether oxygens (including phenoxy) is 1. The average Bonchev–Trinajstić information content (AvgIpc) is 2.77. The van der Waals surface area contributed by atoms with E-state index in [0.29, 0.717) is 0 Å². The molecular weight excluding hydrogens is 352 g/mol. The summed E-state index contributed by atoms with van der Waals surface area (Å²) in [6, 6.07) is 5.86. The van der Waals surface area contributed by atoms with E-state index in [1.807, 2.05) is 0 Å². The molecule has 1 heterocycles. The van der Waals surface area contributed by atoms with Crippen LogP contribution in [0.1, 0.15) is 19.4 Å². The quantitative estimate of drug-likeness (QED) is 0.580. The molecule has 25 heavy (non-hydrogen) atoms. The number of benzene rings is 1. The lowest BCUT2D eigenvalue weighted by Crippen LogP contribution is -2.55. The molecule has 1 aromatic rings. The largest absolute Gasteiger partial charge is 0.387 e. The Kier molecular flexibility index (Phi) is 5.67. The molecule has 0 amide bonds. The SMILES string of the molecule is Cc1ccc(S(=O)(=O)OC[C@]2(C(=O)C(C)C)O[C@@H](O)[C@H](O)[C@@H]2O)cc1. The van der Waals surface area contributed by atoms with Crippen LogP contribution in [-0.4, -0.2) is 60.2 Å². The summed E-state index contributed by atoms with van der Waals surface area (Å²) in [7, 11) is -4.23. The van der Waals surface area contributed by atoms with E-state index in [9.17, 15) is 28.5 Å². The molecule has 0 unspecified atom stereocenters. The number of Topliss-reactive ketones (excluding diaryl/α,β-unsaturated/α-hetero) is 1.